The second-order valence-corrected chi connectivity index (χ2v) is 5.36. The van der Waals surface area contributed by atoms with Crippen LogP contribution in [0, 0.1) is 5.92 Å². The Hall–Kier alpha value is -0.570. The van der Waals surface area contributed by atoms with Gasteiger partial charge in [0.25, 0.3) is 0 Å². The first-order valence-electron chi connectivity index (χ1n) is 6.38. The quantitative estimate of drug-likeness (QED) is 0.751. The summed E-state index contributed by atoms with van der Waals surface area (Å²) in [5, 5.41) is 3.47. The summed E-state index contributed by atoms with van der Waals surface area (Å²) in [7, 11) is 0. The molecule has 1 heterocycles. The highest BCUT2D eigenvalue weighted by Crippen LogP contribution is 2.31. The molecular formula is C12H20N2O. The van der Waals surface area contributed by atoms with Gasteiger partial charge >= 0.3 is 0 Å². The second-order valence-electron chi connectivity index (χ2n) is 5.36. The molecule has 3 fully saturated rings. The summed E-state index contributed by atoms with van der Waals surface area (Å²) >= 11 is 0. The van der Waals surface area contributed by atoms with Crippen molar-refractivity contribution in [2.75, 3.05) is 13.1 Å². The lowest BCUT2D eigenvalue weighted by atomic mass is 10.0. The van der Waals surface area contributed by atoms with Gasteiger partial charge in [0.2, 0.25) is 5.91 Å². The first-order valence-corrected chi connectivity index (χ1v) is 6.38. The summed E-state index contributed by atoms with van der Waals surface area (Å²) in [5.41, 5.74) is 0. The minimum absolute atomic E-state index is 0.144. The zero-order valence-electron chi connectivity index (χ0n) is 9.24. The van der Waals surface area contributed by atoms with Gasteiger partial charge in [-0.2, -0.15) is 0 Å². The van der Waals surface area contributed by atoms with E-state index in [0.29, 0.717) is 11.9 Å². The Morgan fingerprint density at radius 3 is 2.67 bits per heavy atom. The molecule has 0 aromatic carbocycles. The number of hydrogen-bond donors (Lipinski definition) is 1. The first kappa shape index (κ1) is 9.64. The van der Waals surface area contributed by atoms with Crippen LogP contribution in [-0.2, 0) is 4.79 Å². The highest BCUT2D eigenvalue weighted by atomic mass is 16.2. The summed E-state index contributed by atoms with van der Waals surface area (Å²) in [4.78, 5) is 14.2. The number of likely N-dealkylation sites (tertiary alicyclic amines) is 1. The Labute approximate surface area is 91.2 Å². The van der Waals surface area contributed by atoms with Gasteiger partial charge in [-0.15, -0.1) is 0 Å². The first-order chi connectivity index (χ1) is 7.33. The maximum atomic E-state index is 12.1. The van der Waals surface area contributed by atoms with E-state index in [9.17, 15) is 4.79 Å². The van der Waals surface area contributed by atoms with E-state index < -0.39 is 0 Å². The van der Waals surface area contributed by atoms with E-state index in [2.05, 4.69) is 10.2 Å². The van der Waals surface area contributed by atoms with Crippen molar-refractivity contribution in [2.45, 2.75) is 50.6 Å². The fourth-order valence-electron chi connectivity index (χ4n) is 2.42. The molecule has 1 aliphatic heterocycles. The topological polar surface area (TPSA) is 32.3 Å². The largest absolute Gasteiger partial charge is 0.341 e. The lowest BCUT2D eigenvalue weighted by Gasteiger charge is -2.33. The van der Waals surface area contributed by atoms with E-state index in [4.69, 9.17) is 0 Å². The molecule has 2 aliphatic carbocycles. The third-order valence-corrected chi connectivity index (χ3v) is 3.72. The summed E-state index contributed by atoms with van der Waals surface area (Å²) < 4.78 is 0. The van der Waals surface area contributed by atoms with Crippen LogP contribution in [0.3, 0.4) is 0 Å². The molecular weight excluding hydrogens is 188 g/mol. The smallest absolute Gasteiger partial charge is 0.239 e. The van der Waals surface area contributed by atoms with E-state index in [-0.39, 0.29) is 6.04 Å². The van der Waals surface area contributed by atoms with Gasteiger partial charge in [-0.3, -0.25) is 4.79 Å². The van der Waals surface area contributed by atoms with Crippen molar-refractivity contribution in [3.8, 4) is 0 Å². The fourth-order valence-corrected chi connectivity index (χ4v) is 2.42. The number of amides is 1. The number of hydrogen-bond acceptors (Lipinski definition) is 2. The van der Waals surface area contributed by atoms with Crippen LogP contribution in [0.4, 0.5) is 0 Å². The number of carbonyl (C=O) groups is 1. The van der Waals surface area contributed by atoms with Crippen molar-refractivity contribution in [3.63, 3.8) is 0 Å². The summed E-state index contributed by atoms with van der Waals surface area (Å²) in [6.07, 6.45) is 7.45. The molecule has 1 unspecified atom stereocenters. The van der Waals surface area contributed by atoms with E-state index in [1.54, 1.807) is 0 Å². The summed E-state index contributed by atoms with van der Waals surface area (Å²) in [6, 6.07) is 0.796. The predicted octanol–water partition coefficient (Wildman–Crippen LogP) is 1.14. The van der Waals surface area contributed by atoms with Crippen molar-refractivity contribution in [3.05, 3.63) is 0 Å². The molecule has 0 bridgehead atoms. The molecule has 1 atom stereocenters. The van der Waals surface area contributed by atoms with Crippen LogP contribution in [0.1, 0.15) is 38.5 Å². The average molecular weight is 208 g/mol. The fraction of sp³-hybridized carbons (Fsp3) is 0.917. The molecule has 3 nitrogen and oxygen atoms in total. The molecule has 1 N–H and O–H groups in total. The number of nitrogens with one attached hydrogen (secondary N) is 1. The van der Waals surface area contributed by atoms with Crippen LogP contribution in [-0.4, -0.2) is 36.0 Å². The minimum Gasteiger partial charge on any atom is -0.341 e. The molecule has 84 valence electrons. The van der Waals surface area contributed by atoms with Gasteiger partial charge in [0, 0.05) is 19.1 Å². The standard InChI is InChI=1S/C12H20N2O/c15-12-11(13-10-5-6-10)2-1-7-14(12)8-9-3-4-9/h9-11,13H,1-8H2. The lowest BCUT2D eigenvalue weighted by molar-refractivity contribution is -0.136. The van der Waals surface area contributed by atoms with Crippen LogP contribution >= 0.6 is 0 Å². The zero-order chi connectivity index (χ0) is 10.3. The molecule has 3 heteroatoms. The van der Waals surface area contributed by atoms with Crippen LogP contribution < -0.4 is 5.32 Å². The monoisotopic (exact) mass is 208 g/mol. The van der Waals surface area contributed by atoms with Gasteiger partial charge in [0.15, 0.2) is 0 Å². The minimum atomic E-state index is 0.144. The third-order valence-electron chi connectivity index (χ3n) is 3.72. The number of piperidine rings is 1. The summed E-state index contributed by atoms with van der Waals surface area (Å²) in [5.74, 6) is 1.20. The molecule has 0 aromatic rings. The van der Waals surface area contributed by atoms with Crippen LogP contribution in [0.5, 0.6) is 0 Å². The van der Waals surface area contributed by atoms with Gasteiger partial charge in [0.1, 0.15) is 0 Å². The molecule has 2 saturated carbocycles. The number of carbonyl (C=O) groups excluding carboxylic acids is 1. The van der Waals surface area contributed by atoms with Crippen molar-refractivity contribution in [1.29, 1.82) is 0 Å². The van der Waals surface area contributed by atoms with Crippen LogP contribution in [0.2, 0.25) is 0 Å². The van der Waals surface area contributed by atoms with E-state index in [1.807, 2.05) is 0 Å². The normalized spacial score (nSPS) is 32.1. The van der Waals surface area contributed by atoms with Gasteiger partial charge < -0.3 is 10.2 Å². The van der Waals surface area contributed by atoms with Gasteiger partial charge in [-0.05, 0) is 44.4 Å². The maximum Gasteiger partial charge on any atom is 0.239 e. The molecule has 0 radical (unpaired) electrons. The Kier molecular flexibility index (Phi) is 2.43. The number of nitrogens with zero attached hydrogens (tertiary/aromatic N) is 1. The van der Waals surface area contributed by atoms with Gasteiger partial charge in [0.05, 0.1) is 6.04 Å². The van der Waals surface area contributed by atoms with E-state index in [1.165, 1.54) is 32.1 Å². The SMILES string of the molecule is O=C1C(NC2CC2)CCCN1CC1CC1. The van der Waals surface area contributed by atoms with Crippen molar-refractivity contribution in [1.82, 2.24) is 10.2 Å². The molecule has 1 amide bonds. The Bertz CT molecular complexity index is 234. The predicted molar refractivity (Wildman–Crippen MR) is 58.5 cm³/mol. The van der Waals surface area contributed by atoms with Crippen LogP contribution in [0.25, 0.3) is 0 Å². The molecule has 3 aliphatic rings. The van der Waals surface area contributed by atoms with Gasteiger partial charge in [-0.25, -0.2) is 0 Å². The van der Waals surface area contributed by atoms with Gasteiger partial charge in [-0.1, -0.05) is 0 Å². The van der Waals surface area contributed by atoms with Crippen molar-refractivity contribution >= 4 is 5.91 Å². The Morgan fingerprint density at radius 1 is 1.20 bits per heavy atom. The highest BCUT2D eigenvalue weighted by Gasteiger charge is 2.35. The second kappa shape index (κ2) is 3.78. The summed E-state index contributed by atoms with van der Waals surface area (Å²) in [6.45, 7) is 2.03. The molecule has 0 spiro atoms. The molecule has 1 saturated heterocycles. The Balaban J connectivity index is 1.55. The highest BCUT2D eigenvalue weighted by molar-refractivity contribution is 5.82. The lowest BCUT2D eigenvalue weighted by Crippen LogP contribution is -2.51. The Morgan fingerprint density at radius 2 is 2.00 bits per heavy atom. The molecule has 0 aromatic heterocycles. The third kappa shape index (κ3) is 2.33. The van der Waals surface area contributed by atoms with Crippen molar-refractivity contribution < 1.29 is 4.79 Å². The zero-order valence-corrected chi connectivity index (χ0v) is 9.24. The molecule has 15 heavy (non-hydrogen) atoms. The molecule has 3 rings (SSSR count). The van der Waals surface area contributed by atoms with E-state index in [0.717, 1.165) is 25.4 Å². The van der Waals surface area contributed by atoms with Crippen molar-refractivity contribution in [2.24, 2.45) is 5.92 Å². The number of rotatable bonds is 4. The average Bonchev–Trinajstić information content (AvgIpc) is 3.06. The maximum absolute atomic E-state index is 12.1. The van der Waals surface area contributed by atoms with E-state index >= 15 is 0 Å². The van der Waals surface area contributed by atoms with Crippen LogP contribution in [0.15, 0.2) is 0 Å².